The van der Waals surface area contributed by atoms with Crippen molar-refractivity contribution >= 4 is 18.6 Å². The van der Waals surface area contributed by atoms with E-state index < -0.39 is 18.3 Å². The molecule has 0 saturated carbocycles. The molecule has 1 aliphatic heterocycles. The Bertz CT molecular complexity index is 581. The van der Waals surface area contributed by atoms with Crippen LogP contribution in [0.25, 0.3) is 0 Å². The number of hydrogen-bond donors (Lipinski definition) is 0. The van der Waals surface area contributed by atoms with Crippen molar-refractivity contribution in [2.75, 3.05) is 13.7 Å². The Balaban J connectivity index is 2.19. The number of methoxy groups -OCH3 is 1. The number of esters is 1. The second-order valence-electron chi connectivity index (χ2n) is 7.01. The Kier molecular flexibility index (Phi) is 5.61. The standard InChI is InChI=1S/C18H27BO5/c1-7-22-16(20)9-8-13-10-14(12-15(11-13)21-6)19-23-17(2,3)18(4,5)24-19/h10-12H,7-9H2,1-6H3. The van der Waals surface area contributed by atoms with E-state index in [1.807, 2.05) is 45.9 Å². The average Bonchev–Trinajstić information content (AvgIpc) is 2.73. The number of carbonyl (C=O) groups excluding carboxylic acids is 1. The van der Waals surface area contributed by atoms with E-state index in [-0.39, 0.29) is 5.97 Å². The summed E-state index contributed by atoms with van der Waals surface area (Å²) in [4.78, 5) is 11.6. The molecule has 5 nitrogen and oxygen atoms in total. The first kappa shape index (κ1) is 18.8. The minimum atomic E-state index is -0.452. The molecule has 0 radical (unpaired) electrons. The smallest absolute Gasteiger partial charge is 0.494 e. The van der Waals surface area contributed by atoms with Crippen molar-refractivity contribution in [2.24, 2.45) is 0 Å². The van der Waals surface area contributed by atoms with Crippen LogP contribution in [0.4, 0.5) is 0 Å². The van der Waals surface area contributed by atoms with Crippen LogP contribution in [-0.2, 0) is 25.3 Å². The van der Waals surface area contributed by atoms with Gasteiger partial charge in [-0.15, -0.1) is 0 Å². The van der Waals surface area contributed by atoms with Gasteiger partial charge in [0.15, 0.2) is 0 Å². The lowest BCUT2D eigenvalue weighted by atomic mass is 9.78. The normalized spacial score (nSPS) is 18.5. The van der Waals surface area contributed by atoms with Crippen LogP contribution in [0.3, 0.4) is 0 Å². The molecular formula is C18H27BO5. The molecule has 1 aromatic rings. The van der Waals surface area contributed by atoms with Crippen molar-refractivity contribution in [3.05, 3.63) is 23.8 Å². The van der Waals surface area contributed by atoms with Gasteiger partial charge in [0, 0.05) is 6.42 Å². The maximum atomic E-state index is 11.6. The quantitative estimate of drug-likeness (QED) is 0.591. The molecule has 0 unspecified atom stereocenters. The van der Waals surface area contributed by atoms with Crippen molar-refractivity contribution in [3.63, 3.8) is 0 Å². The summed E-state index contributed by atoms with van der Waals surface area (Å²) >= 11 is 0. The van der Waals surface area contributed by atoms with Crippen LogP contribution in [0.15, 0.2) is 18.2 Å². The zero-order valence-electron chi connectivity index (χ0n) is 15.5. The van der Waals surface area contributed by atoms with Crippen LogP contribution in [0, 0.1) is 0 Å². The lowest BCUT2D eigenvalue weighted by Gasteiger charge is -2.32. The first-order chi connectivity index (χ1) is 11.2. The van der Waals surface area contributed by atoms with Crippen molar-refractivity contribution in [1.82, 2.24) is 0 Å². The number of hydrogen-bond acceptors (Lipinski definition) is 5. The second kappa shape index (κ2) is 7.15. The molecule has 0 N–H and O–H groups in total. The first-order valence-corrected chi connectivity index (χ1v) is 8.37. The van der Waals surface area contributed by atoms with Gasteiger partial charge in [0.05, 0.1) is 24.9 Å². The fourth-order valence-corrected chi connectivity index (χ4v) is 2.54. The Morgan fingerprint density at radius 2 is 1.75 bits per heavy atom. The maximum Gasteiger partial charge on any atom is 0.494 e. The monoisotopic (exact) mass is 334 g/mol. The van der Waals surface area contributed by atoms with Gasteiger partial charge in [0.25, 0.3) is 0 Å². The average molecular weight is 334 g/mol. The van der Waals surface area contributed by atoms with Crippen LogP contribution in [0.1, 0.15) is 46.6 Å². The Labute approximate surface area is 144 Å². The highest BCUT2D eigenvalue weighted by atomic mass is 16.7. The molecule has 0 amide bonds. The summed E-state index contributed by atoms with van der Waals surface area (Å²) in [6.45, 7) is 10.3. The third kappa shape index (κ3) is 4.11. The van der Waals surface area contributed by atoms with Crippen molar-refractivity contribution in [1.29, 1.82) is 0 Å². The molecule has 1 aromatic carbocycles. The predicted octanol–water partition coefficient (Wildman–Crippen LogP) is 2.49. The van der Waals surface area contributed by atoms with E-state index in [1.54, 1.807) is 14.0 Å². The Hall–Kier alpha value is -1.53. The summed E-state index contributed by atoms with van der Waals surface area (Å²) in [7, 11) is 1.17. The van der Waals surface area contributed by atoms with E-state index in [4.69, 9.17) is 18.8 Å². The second-order valence-corrected chi connectivity index (χ2v) is 7.01. The summed E-state index contributed by atoms with van der Waals surface area (Å²) in [5.41, 5.74) is 1.09. The minimum absolute atomic E-state index is 0.197. The lowest BCUT2D eigenvalue weighted by Crippen LogP contribution is -2.41. The molecule has 0 aliphatic carbocycles. The van der Waals surface area contributed by atoms with E-state index in [9.17, 15) is 4.79 Å². The number of ether oxygens (including phenoxy) is 2. The molecule has 2 rings (SSSR count). The van der Waals surface area contributed by atoms with Crippen LogP contribution < -0.4 is 10.2 Å². The van der Waals surface area contributed by atoms with Gasteiger partial charge in [-0.25, -0.2) is 0 Å². The van der Waals surface area contributed by atoms with Crippen molar-refractivity contribution < 1.29 is 23.6 Å². The summed E-state index contributed by atoms with van der Waals surface area (Å²) in [5.74, 6) is 0.526. The molecule has 0 aromatic heterocycles. The van der Waals surface area contributed by atoms with E-state index in [0.29, 0.717) is 19.4 Å². The van der Waals surface area contributed by atoms with Crippen molar-refractivity contribution in [2.45, 2.75) is 58.7 Å². The molecule has 0 bridgehead atoms. The van der Waals surface area contributed by atoms with E-state index in [0.717, 1.165) is 16.8 Å². The summed E-state index contributed by atoms with van der Waals surface area (Å²) in [5, 5.41) is 0. The number of benzene rings is 1. The summed E-state index contributed by atoms with van der Waals surface area (Å²) in [6.07, 6.45) is 0.923. The van der Waals surface area contributed by atoms with Gasteiger partial charge in [-0.2, -0.15) is 0 Å². The van der Waals surface area contributed by atoms with Gasteiger partial charge in [-0.3, -0.25) is 4.79 Å². The third-order valence-electron chi connectivity index (χ3n) is 4.67. The topological polar surface area (TPSA) is 54.0 Å². The zero-order chi connectivity index (χ0) is 18.0. The molecule has 1 saturated heterocycles. The molecule has 1 fully saturated rings. The van der Waals surface area contributed by atoms with Crippen LogP contribution in [0.2, 0.25) is 0 Å². The number of carbonyl (C=O) groups is 1. The zero-order valence-corrected chi connectivity index (χ0v) is 15.5. The molecular weight excluding hydrogens is 307 g/mol. The van der Waals surface area contributed by atoms with Gasteiger partial charge < -0.3 is 18.8 Å². The maximum absolute atomic E-state index is 11.6. The molecule has 24 heavy (non-hydrogen) atoms. The molecule has 6 heteroatoms. The highest BCUT2D eigenvalue weighted by molar-refractivity contribution is 6.62. The first-order valence-electron chi connectivity index (χ1n) is 8.37. The largest absolute Gasteiger partial charge is 0.497 e. The summed E-state index contributed by atoms with van der Waals surface area (Å²) < 4.78 is 22.6. The molecule has 0 spiro atoms. The molecule has 1 heterocycles. The van der Waals surface area contributed by atoms with Gasteiger partial charge in [-0.1, -0.05) is 6.07 Å². The number of aryl methyl sites for hydroxylation is 1. The Morgan fingerprint density at radius 3 is 2.29 bits per heavy atom. The van der Waals surface area contributed by atoms with Gasteiger partial charge in [0.1, 0.15) is 5.75 Å². The fourth-order valence-electron chi connectivity index (χ4n) is 2.54. The highest BCUT2D eigenvalue weighted by Gasteiger charge is 2.51. The molecule has 132 valence electrons. The van der Waals surface area contributed by atoms with E-state index >= 15 is 0 Å². The Morgan fingerprint density at radius 1 is 1.12 bits per heavy atom. The molecule has 0 atom stereocenters. The van der Waals surface area contributed by atoms with Crippen molar-refractivity contribution in [3.8, 4) is 5.75 Å². The third-order valence-corrected chi connectivity index (χ3v) is 4.67. The minimum Gasteiger partial charge on any atom is -0.497 e. The highest BCUT2D eigenvalue weighted by Crippen LogP contribution is 2.36. The number of rotatable bonds is 6. The lowest BCUT2D eigenvalue weighted by molar-refractivity contribution is -0.143. The predicted molar refractivity (Wildman–Crippen MR) is 93.7 cm³/mol. The van der Waals surface area contributed by atoms with Gasteiger partial charge in [0.2, 0.25) is 0 Å². The van der Waals surface area contributed by atoms with E-state index in [2.05, 4.69) is 0 Å². The van der Waals surface area contributed by atoms with Crippen LogP contribution >= 0.6 is 0 Å². The summed E-state index contributed by atoms with van der Waals surface area (Å²) in [6, 6.07) is 5.84. The fraction of sp³-hybridized carbons (Fsp3) is 0.611. The van der Waals surface area contributed by atoms with E-state index in [1.165, 1.54) is 0 Å². The SMILES string of the molecule is CCOC(=O)CCc1cc(OC)cc(B2OC(C)(C)C(C)(C)O2)c1. The van der Waals surface area contributed by atoms with Crippen LogP contribution in [0.5, 0.6) is 5.75 Å². The van der Waals surface area contributed by atoms with Gasteiger partial charge in [-0.05, 0) is 64.2 Å². The van der Waals surface area contributed by atoms with Crippen LogP contribution in [-0.4, -0.2) is 38.0 Å². The van der Waals surface area contributed by atoms with Gasteiger partial charge >= 0.3 is 13.1 Å². The molecule has 1 aliphatic rings.